The van der Waals surface area contributed by atoms with Crippen molar-refractivity contribution < 1.29 is 24.5 Å². The molecule has 0 saturated carbocycles. The maximum atomic E-state index is 14.3. The van der Waals surface area contributed by atoms with Crippen molar-refractivity contribution in [2.75, 3.05) is 44.7 Å². The van der Waals surface area contributed by atoms with Crippen LogP contribution >= 0.6 is 15.9 Å². The van der Waals surface area contributed by atoms with Crippen LogP contribution in [0, 0.1) is 6.92 Å². The molecule has 10 heteroatoms. The number of carbonyl (C=O) groups is 1. The van der Waals surface area contributed by atoms with Gasteiger partial charge < -0.3 is 34.5 Å². The number of hydrogen-bond acceptors (Lipinski definition) is 6. The van der Waals surface area contributed by atoms with E-state index in [1.54, 1.807) is 19.2 Å². The van der Waals surface area contributed by atoms with Crippen LogP contribution in [0.2, 0.25) is 0 Å². The molecule has 316 valence electrons. The molecule has 1 amide bonds. The fraction of sp³-hybridized carbons (Fsp3) is 0.346. The van der Waals surface area contributed by atoms with Gasteiger partial charge in [-0.3, -0.25) is 4.79 Å². The van der Waals surface area contributed by atoms with Gasteiger partial charge >= 0.3 is 0 Å². The molecule has 0 unspecified atom stereocenters. The monoisotopic (exact) mass is 891 g/mol. The van der Waals surface area contributed by atoms with E-state index in [1.165, 1.54) is 44.4 Å². The lowest BCUT2D eigenvalue weighted by Crippen LogP contribution is -2.45. The minimum Gasteiger partial charge on any atom is -0.497 e. The lowest BCUT2D eigenvalue weighted by Gasteiger charge is -2.39. The average Bonchev–Trinajstić information content (AvgIpc) is 3.54. The maximum absolute atomic E-state index is 14.3. The second-order valence-corrected chi connectivity index (χ2v) is 18.6. The number of amides is 1. The van der Waals surface area contributed by atoms with Crippen LogP contribution in [0.25, 0.3) is 16.5 Å². The molecule has 62 heavy (non-hydrogen) atoms. The molecule has 5 aliphatic rings. The molecule has 0 saturated heterocycles. The van der Waals surface area contributed by atoms with Gasteiger partial charge in [0, 0.05) is 104 Å². The Labute approximate surface area is 370 Å². The molecule has 0 atom stereocenters. The highest BCUT2D eigenvalue weighted by atomic mass is 79.9. The smallest absolute Gasteiger partial charge is 0.251 e. The number of halogens is 1. The van der Waals surface area contributed by atoms with Gasteiger partial charge in [-0.1, -0.05) is 34.1 Å². The molecule has 11 rings (SSSR count). The summed E-state index contributed by atoms with van der Waals surface area (Å²) in [7, 11) is 1.69. The molecule has 0 spiro atoms. The van der Waals surface area contributed by atoms with Gasteiger partial charge in [-0.15, -0.1) is 0 Å². The molecular formula is C52H52BrN4O5+. The fourth-order valence-corrected chi connectivity index (χ4v) is 11.6. The number of aliphatic hydroxyl groups is 2. The first kappa shape index (κ1) is 39.4. The van der Waals surface area contributed by atoms with Crippen LogP contribution in [0.15, 0.2) is 77.3 Å². The molecule has 5 aliphatic heterocycles. The zero-order valence-electron chi connectivity index (χ0n) is 35.5. The molecule has 6 aromatic rings. The van der Waals surface area contributed by atoms with Crippen molar-refractivity contribution in [2.24, 2.45) is 0 Å². The van der Waals surface area contributed by atoms with Gasteiger partial charge in [0.1, 0.15) is 30.3 Å². The summed E-state index contributed by atoms with van der Waals surface area (Å²) in [5.74, 6) is 2.36. The number of aryl methyl sites for hydroxylation is 2. The van der Waals surface area contributed by atoms with E-state index in [0.717, 1.165) is 139 Å². The largest absolute Gasteiger partial charge is 0.497 e. The van der Waals surface area contributed by atoms with Gasteiger partial charge in [0.2, 0.25) is 5.36 Å². The van der Waals surface area contributed by atoms with Gasteiger partial charge in [0.15, 0.2) is 6.29 Å². The van der Waals surface area contributed by atoms with E-state index >= 15 is 0 Å². The number of nitrogens with one attached hydrogen (secondary N) is 1. The third-order valence-corrected chi connectivity index (χ3v) is 14.7. The molecule has 5 aromatic carbocycles. The standard InChI is InChI=1S/C52H51BrN4O5/c1-30-37(41-28-36(61-2)16-18-45(41)57(30)29-31-11-14-35(53)15-12-31)19-20-54-51(58)34-13-17-38(52(59)60)42(27-34)46-43-25-32-7-3-21-55-23-5-9-39(47(32)55)49(43)62-50-40-10-6-24-56-22-4-8-33(48(40)56)26-44(46)50/h11-18,25-28,52,59-60H,3-10,19-24,29H2,1-2H3/p+1. The number of rotatable bonds is 9. The van der Waals surface area contributed by atoms with Crippen LogP contribution < -0.4 is 34.8 Å². The van der Waals surface area contributed by atoms with Crippen LogP contribution in [0.4, 0.5) is 5.69 Å². The number of methoxy groups -OCH3 is 1. The Kier molecular flexibility index (Phi) is 10.0. The first-order chi connectivity index (χ1) is 30.2. The van der Waals surface area contributed by atoms with Crippen molar-refractivity contribution in [3.63, 3.8) is 0 Å². The number of benzene rings is 5. The third-order valence-electron chi connectivity index (χ3n) is 14.1. The molecule has 0 radical (unpaired) electrons. The Morgan fingerprint density at radius 1 is 0.871 bits per heavy atom. The van der Waals surface area contributed by atoms with E-state index in [9.17, 15) is 15.0 Å². The van der Waals surface area contributed by atoms with Crippen molar-refractivity contribution in [1.29, 1.82) is 0 Å². The molecular weight excluding hydrogens is 840 g/mol. The molecule has 3 N–H and O–H groups in total. The lowest BCUT2D eigenvalue weighted by atomic mass is 9.81. The van der Waals surface area contributed by atoms with Gasteiger partial charge in [0.25, 0.3) is 5.91 Å². The molecule has 9 nitrogen and oxygen atoms in total. The summed E-state index contributed by atoms with van der Waals surface area (Å²) in [5.41, 5.74) is 14.5. The second-order valence-electron chi connectivity index (χ2n) is 17.7. The third kappa shape index (κ3) is 6.56. The highest BCUT2D eigenvalue weighted by Gasteiger charge is 2.36. The number of fused-ring (bicyclic) bond motifs is 5. The number of nitrogens with zero attached hydrogens (tertiary/aromatic N) is 3. The SMILES string of the molecule is COc1ccc2c(c1)c(CCNC(=O)c1ccc(C(O)O)c(C3=c4cc5c6c(c4Oc4c3cc3c7c4CCCN7CCC3)CCC[N+]=6CCC5)c1)c(C)n2Cc1ccc(Br)cc1. The minimum absolute atomic E-state index is 0.209. The van der Waals surface area contributed by atoms with Crippen LogP contribution in [-0.4, -0.2) is 60.5 Å². The molecule has 6 heterocycles. The van der Waals surface area contributed by atoms with Crippen molar-refractivity contribution in [3.8, 4) is 17.2 Å². The number of aromatic nitrogens is 1. The van der Waals surface area contributed by atoms with Crippen LogP contribution in [-0.2, 0) is 38.6 Å². The van der Waals surface area contributed by atoms with E-state index in [1.807, 2.05) is 12.1 Å². The number of ether oxygens (including phenoxy) is 2. The first-order valence-electron chi connectivity index (χ1n) is 22.4. The number of aliphatic hydroxyl groups excluding tert-OH is 1. The van der Waals surface area contributed by atoms with Crippen LogP contribution in [0.5, 0.6) is 17.2 Å². The fourth-order valence-electron chi connectivity index (χ4n) is 11.3. The highest BCUT2D eigenvalue weighted by Crippen LogP contribution is 2.49. The van der Waals surface area contributed by atoms with Gasteiger partial charge in [-0.25, -0.2) is 4.58 Å². The Morgan fingerprint density at radius 3 is 2.45 bits per heavy atom. The predicted octanol–water partition coefficient (Wildman–Crippen LogP) is 7.16. The van der Waals surface area contributed by atoms with E-state index in [4.69, 9.17) is 9.47 Å². The lowest BCUT2D eigenvalue weighted by molar-refractivity contribution is -0.0426. The minimum atomic E-state index is -1.74. The Morgan fingerprint density at radius 2 is 1.65 bits per heavy atom. The summed E-state index contributed by atoms with van der Waals surface area (Å²) in [4.78, 5) is 16.9. The topological polar surface area (TPSA) is 99.2 Å². The van der Waals surface area contributed by atoms with Crippen molar-refractivity contribution in [1.82, 2.24) is 14.5 Å². The van der Waals surface area contributed by atoms with Crippen molar-refractivity contribution >= 4 is 44.0 Å². The number of hydrogen-bond donors (Lipinski definition) is 3. The normalized spacial score (nSPS) is 16.1. The summed E-state index contributed by atoms with van der Waals surface area (Å²) in [6.45, 7) is 7.52. The molecule has 0 fully saturated rings. The van der Waals surface area contributed by atoms with Gasteiger partial charge in [-0.2, -0.15) is 0 Å². The van der Waals surface area contributed by atoms with Gasteiger partial charge in [-0.05, 0) is 129 Å². The maximum Gasteiger partial charge on any atom is 0.251 e. The summed E-state index contributed by atoms with van der Waals surface area (Å²) < 4.78 is 18.8. The first-order valence-corrected chi connectivity index (χ1v) is 23.2. The average molecular weight is 893 g/mol. The summed E-state index contributed by atoms with van der Waals surface area (Å²) in [6.07, 6.45) is 7.06. The summed E-state index contributed by atoms with van der Waals surface area (Å²) in [6, 6.07) is 24.6. The predicted molar refractivity (Wildman–Crippen MR) is 246 cm³/mol. The zero-order chi connectivity index (χ0) is 42.2. The molecule has 1 aromatic heterocycles. The Bertz CT molecular complexity index is 2960. The Hall–Kier alpha value is -5.42. The van der Waals surface area contributed by atoms with E-state index in [0.29, 0.717) is 29.7 Å². The van der Waals surface area contributed by atoms with Crippen LogP contribution in [0.1, 0.15) is 98.1 Å². The molecule has 0 aliphatic carbocycles. The quantitative estimate of drug-likeness (QED) is 0.105. The van der Waals surface area contributed by atoms with Crippen molar-refractivity contribution in [2.45, 2.75) is 77.5 Å². The number of carbonyl (C=O) groups excluding carboxylic acids is 1. The van der Waals surface area contributed by atoms with Gasteiger partial charge in [0.05, 0.1) is 12.7 Å². The van der Waals surface area contributed by atoms with E-state index in [2.05, 4.69) is 90.7 Å². The Balaban J connectivity index is 1.00. The van der Waals surface area contributed by atoms with E-state index < -0.39 is 6.29 Å². The summed E-state index contributed by atoms with van der Waals surface area (Å²) >= 11 is 3.56. The molecule has 0 bridgehead atoms. The number of anilines is 1. The zero-order valence-corrected chi connectivity index (χ0v) is 37.0. The van der Waals surface area contributed by atoms with Crippen LogP contribution in [0.3, 0.4) is 0 Å². The second kappa shape index (κ2) is 15.7. The summed E-state index contributed by atoms with van der Waals surface area (Å²) in [5, 5.41) is 28.7. The highest BCUT2D eigenvalue weighted by molar-refractivity contribution is 9.10. The van der Waals surface area contributed by atoms with E-state index in [-0.39, 0.29) is 5.91 Å². The van der Waals surface area contributed by atoms with Crippen molar-refractivity contribution in [3.05, 3.63) is 149 Å².